The number of esters is 1. The number of benzene rings is 1. The van der Waals surface area contributed by atoms with Crippen molar-refractivity contribution in [2.75, 3.05) is 26.9 Å². The lowest BCUT2D eigenvalue weighted by atomic mass is 9.99. The molecule has 1 rings (SSSR count). The van der Waals surface area contributed by atoms with Crippen molar-refractivity contribution in [3.8, 4) is 0 Å². The van der Waals surface area contributed by atoms with E-state index in [0.29, 0.717) is 19.6 Å². The number of hydrogen-bond donors (Lipinski definition) is 1. The third-order valence-corrected chi connectivity index (χ3v) is 3.02. The number of rotatable bonds is 9. The SMILES string of the molecule is CCOC(=O)C(CNC(=O)CCOC)Cc1ccccc1. The summed E-state index contributed by atoms with van der Waals surface area (Å²) in [6.45, 7) is 2.75. The molecule has 0 bridgehead atoms. The molecule has 0 heterocycles. The van der Waals surface area contributed by atoms with Gasteiger partial charge in [0.05, 0.1) is 19.1 Å². The molecule has 0 aliphatic carbocycles. The molecule has 1 unspecified atom stereocenters. The molecule has 0 fully saturated rings. The van der Waals surface area contributed by atoms with E-state index < -0.39 is 0 Å². The Labute approximate surface area is 125 Å². The molecule has 1 aromatic rings. The molecule has 1 atom stereocenters. The first-order valence-electron chi connectivity index (χ1n) is 7.13. The molecule has 0 saturated carbocycles. The fraction of sp³-hybridized carbons (Fsp3) is 0.500. The van der Waals surface area contributed by atoms with Gasteiger partial charge in [0, 0.05) is 20.1 Å². The first-order chi connectivity index (χ1) is 10.2. The lowest BCUT2D eigenvalue weighted by Crippen LogP contribution is -2.35. The van der Waals surface area contributed by atoms with E-state index in [4.69, 9.17) is 9.47 Å². The number of methoxy groups -OCH3 is 1. The zero-order valence-electron chi connectivity index (χ0n) is 12.6. The van der Waals surface area contributed by atoms with E-state index in [1.54, 1.807) is 14.0 Å². The first-order valence-corrected chi connectivity index (χ1v) is 7.13. The lowest BCUT2D eigenvalue weighted by molar-refractivity contribution is -0.147. The van der Waals surface area contributed by atoms with Crippen molar-refractivity contribution in [2.24, 2.45) is 5.92 Å². The summed E-state index contributed by atoms with van der Waals surface area (Å²) >= 11 is 0. The molecule has 21 heavy (non-hydrogen) atoms. The Morgan fingerprint density at radius 2 is 1.95 bits per heavy atom. The van der Waals surface area contributed by atoms with Gasteiger partial charge in [0.2, 0.25) is 5.91 Å². The zero-order valence-corrected chi connectivity index (χ0v) is 12.6. The van der Waals surface area contributed by atoms with Crippen LogP contribution >= 0.6 is 0 Å². The summed E-state index contributed by atoms with van der Waals surface area (Å²) in [5.74, 6) is -0.786. The molecule has 0 radical (unpaired) electrons. The molecule has 0 saturated heterocycles. The average Bonchev–Trinajstić information content (AvgIpc) is 2.50. The second kappa shape index (κ2) is 9.94. The van der Waals surface area contributed by atoms with Crippen LogP contribution in [0.5, 0.6) is 0 Å². The largest absolute Gasteiger partial charge is 0.466 e. The summed E-state index contributed by atoms with van der Waals surface area (Å²) in [4.78, 5) is 23.6. The molecular weight excluding hydrogens is 270 g/mol. The number of carbonyl (C=O) groups is 2. The van der Waals surface area contributed by atoms with E-state index in [9.17, 15) is 9.59 Å². The monoisotopic (exact) mass is 293 g/mol. The zero-order chi connectivity index (χ0) is 15.5. The van der Waals surface area contributed by atoms with Crippen LogP contribution in [0.1, 0.15) is 18.9 Å². The van der Waals surface area contributed by atoms with Crippen molar-refractivity contribution in [1.29, 1.82) is 0 Å². The molecule has 5 nitrogen and oxygen atoms in total. The number of ether oxygens (including phenoxy) is 2. The quantitative estimate of drug-likeness (QED) is 0.702. The van der Waals surface area contributed by atoms with E-state index in [0.717, 1.165) is 5.56 Å². The minimum Gasteiger partial charge on any atom is -0.466 e. The van der Waals surface area contributed by atoms with Crippen LogP contribution in [0.4, 0.5) is 0 Å². The van der Waals surface area contributed by atoms with Crippen molar-refractivity contribution >= 4 is 11.9 Å². The summed E-state index contributed by atoms with van der Waals surface area (Å²) in [6.07, 6.45) is 0.835. The summed E-state index contributed by atoms with van der Waals surface area (Å²) in [5.41, 5.74) is 1.04. The summed E-state index contributed by atoms with van der Waals surface area (Å²) in [6, 6.07) is 9.69. The van der Waals surface area contributed by atoms with Crippen molar-refractivity contribution in [3.05, 3.63) is 35.9 Å². The Kier molecular flexibility index (Phi) is 8.12. The second-order valence-electron chi connectivity index (χ2n) is 4.69. The van der Waals surface area contributed by atoms with E-state index in [1.807, 2.05) is 30.3 Å². The maximum atomic E-state index is 12.0. The van der Waals surface area contributed by atoms with Crippen LogP contribution in [0.25, 0.3) is 0 Å². The highest BCUT2D eigenvalue weighted by molar-refractivity contribution is 5.78. The van der Waals surface area contributed by atoms with Crippen molar-refractivity contribution in [3.63, 3.8) is 0 Å². The average molecular weight is 293 g/mol. The topological polar surface area (TPSA) is 64.6 Å². The molecule has 0 aliphatic heterocycles. The van der Waals surface area contributed by atoms with Gasteiger partial charge in [0.25, 0.3) is 0 Å². The van der Waals surface area contributed by atoms with Gasteiger partial charge in [-0.15, -0.1) is 0 Å². The van der Waals surface area contributed by atoms with Gasteiger partial charge in [-0.2, -0.15) is 0 Å². The van der Waals surface area contributed by atoms with Gasteiger partial charge in [-0.05, 0) is 18.9 Å². The number of amides is 1. The van der Waals surface area contributed by atoms with E-state index >= 15 is 0 Å². The fourth-order valence-electron chi connectivity index (χ4n) is 1.92. The Balaban J connectivity index is 2.56. The fourth-order valence-corrected chi connectivity index (χ4v) is 1.92. The number of nitrogens with one attached hydrogen (secondary N) is 1. The normalized spacial score (nSPS) is 11.7. The molecule has 1 N–H and O–H groups in total. The van der Waals surface area contributed by atoms with Gasteiger partial charge >= 0.3 is 5.97 Å². The Morgan fingerprint density at radius 3 is 2.57 bits per heavy atom. The third-order valence-electron chi connectivity index (χ3n) is 3.02. The summed E-state index contributed by atoms with van der Waals surface area (Å²) in [5, 5.41) is 2.76. The number of carbonyl (C=O) groups excluding carboxylic acids is 2. The minimum atomic E-state index is -0.376. The van der Waals surface area contributed by atoms with Gasteiger partial charge in [-0.1, -0.05) is 30.3 Å². The molecule has 0 aliphatic rings. The predicted molar refractivity (Wildman–Crippen MR) is 79.8 cm³/mol. The Hall–Kier alpha value is -1.88. The molecule has 5 heteroatoms. The van der Waals surface area contributed by atoms with Crippen LogP contribution < -0.4 is 5.32 Å². The standard InChI is InChI=1S/C16H23NO4/c1-3-21-16(19)14(11-13-7-5-4-6-8-13)12-17-15(18)9-10-20-2/h4-8,14H,3,9-12H2,1-2H3,(H,17,18). The molecule has 1 amide bonds. The highest BCUT2D eigenvalue weighted by Crippen LogP contribution is 2.10. The highest BCUT2D eigenvalue weighted by Gasteiger charge is 2.21. The van der Waals surface area contributed by atoms with E-state index in [-0.39, 0.29) is 30.8 Å². The van der Waals surface area contributed by atoms with Crippen LogP contribution in [0.15, 0.2) is 30.3 Å². The van der Waals surface area contributed by atoms with Crippen molar-refractivity contribution < 1.29 is 19.1 Å². The summed E-state index contributed by atoms with van der Waals surface area (Å²) < 4.78 is 9.92. The van der Waals surface area contributed by atoms with Crippen LogP contribution in [0.2, 0.25) is 0 Å². The first kappa shape index (κ1) is 17.2. The van der Waals surface area contributed by atoms with Crippen LogP contribution in [0, 0.1) is 5.92 Å². The molecule has 116 valence electrons. The van der Waals surface area contributed by atoms with Crippen LogP contribution in [-0.4, -0.2) is 38.7 Å². The lowest BCUT2D eigenvalue weighted by Gasteiger charge is -2.16. The predicted octanol–water partition coefficient (Wildman–Crippen LogP) is 1.56. The molecule has 0 spiro atoms. The van der Waals surface area contributed by atoms with E-state index in [2.05, 4.69) is 5.32 Å². The van der Waals surface area contributed by atoms with Gasteiger partial charge in [-0.25, -0.2) is 0 Å². The van der Waals surface area contributed by atoms with Crippen molar-refractivity contribution in [1.82, 2.24) is 5.32 Å². The molecule has 0 aromatic heterocycles. The van der Waals surface area contributed by atoms with Crippen molar-refractivity contribution in [2.45, 2.75) is 19.8 Å². The van der Waals surface area contributed by atoms with Crippen LogP contribution in [0.3, 0.4) is 0 Å². The Bertz CT molecular complexity index is 433. The maximum absolute atomic E-state index is 12.0. The summed E-state index contributed by atoms with van der Waals surface area (Å²) in [7, 11) is 1.55. The minimum absolute atomic E-state index is 0.126. The van der Waals surface area contributed by atoms with E-state index in [1.165, 1.54) is 0 Å². The Morgan fingerprint density at radius 1 is 1.24 bits per heavy atom. The maximum Gasteiger partial charge on any atom is 0.311 e. The third kappa shape index (κ3) is 6.90. The highest BCUT2D eigenvalue weighted by atomic mass is 16.5. The molecular formula is C16H23NO4. The van der Waals surface area contributed by atoms with Gasteiger partial charge < -0.3 is 14.8 Å². The van der Waals surface area contributed by atoms with Crippen LogP contribution in [-0.2, 0) is 25.5 Å². The smallest absolute Gasteiger partial charge is 0.311 e. The number of hydrogen-bond acceptors (Lipinski definition) is 4. The second-order valence-corrected chi connectivity index (χ2v) is 4.69. The van der Waals surface area contributed by atoms with Gasteiger partial charge in [-0.3, -0.25) is 9.59 Å². The molecule has 1 aromatic carbocycles. The van der Waals surface area contributed by atoms with Gasteiger partial charge in [0.1, 0.15) is 0 Å². The van der Waals surface area contributed by atoms with Gasteiger partial charge in [0.15, 0.2) is 0 Å².